The minimum Gasteiger partial charge on any atom is -0.333 e. The second kappa shape index (κ2) is 6.96. The molecule has 4 rings (SSSR count). The van der Waals surface area contributed by atoms with Crippen molar-refractivity contribution in [1.82, 2.24) is 9.88 Å². The molecular formula is C21H22N2OS. The quantitative estimate of drug-likeness (QED) is 0.673. The van der Waals surface area contributed by atoms with Crippen molar-refractivity contribution < 1.29 is 4.79 Å². The molecule has 3 nitrogen and oxygen atoms in total. The van der Waals surface area contributed by atoms with E-state index in [9.17, 15) is 4.79 Å². The monoisotopic (exact) mass is 350 g/mol. The molecule has 0 bridgehead atoms. The number of fused-ring (bicyclic) bond motifs is 1. The van der Waals surface area contributed by atoms with Crippen LogP contribution in [-0.2, 0) is 11.2 Å². The zero-order valence-electron chi connectivity index (χ0n) is 14.4. The molecule has 0 spiro atoms. The maximum atomic E-state index is 13.0. The number of amides is 1. The first-order chi connectivity index (χ1) is 12.2. The molecule has 2 heterocycles. The van der Waals surface area contributed by atoms with Gasteiger partial charge in [0.1, 0.15) is 5.01 Å². The van der Waals surface area contributed by atoms with Crippen molar-refractivity contribution in [2.24, 2.45) is 0 Å². The van der Waals surface area contributed by atoms with E-state index in [2.05, 4.69) is 36.1 Å². The first-order valence-electron chi connectivity index (χ1n) is 8.92. The lowest BCUT2D eigenvalue weighted by molar-refractivity contribution is -0.134. The molecule has 0 aliphatic carbocycles. The number of nitrogens with zero attached hydrogens (tertiary/aromatic N) is 2. The molecule has 1 unspecified atom stereocenters. The standard InChI is InChI=1S/C21H22N2OS/c1-15-8-2-3-9-16(15)14-20(24)23-13-7-6-11-18(23)21-22-17-10-4-5-12-19(17)25-21/h2-5,8-10,12,18H,6-7,11,13-14H2,1H3. The number of thiazole rings is 1. The largest absolute Gasteiger partial charge is 0.333 e. The maximum Gasteiger partial charge on any atom is 0.227 e. The summed E-state index contributed by atoms with van der Waals surface area (Å²) in [5.74, 6) is 0.221. The summed E-state index contributed by atoms with van der Waals surface area (Å²) in [6.07, 6.45) is 3.74. The van der Waals surface area contributed by atoms with Crippen LogP contribution in [0.1, 0.15) is 41.4 Å². The summed E-state index contributed by atoms with van der Waals surface area (Å²) in [7, 11) is 0. The van der Waals surface area contributed by atoms with E-state index >= 15 is 0 Å². The number of para-hydroxylation sites is 1. The highest BCUT2D eigenvalue weighted by molar-refractivity contribution is 7.18. The van der Waals surface area contributed by atoms with Crippen LogP contribution in [0.5, 0.6) is 0 Å². The van der Waals surface area contributed by atoms with Crippen molar-refractivity contribution in [2.45, 2.75) is 38.6 Å². The van der Waals surface area contributed by atoms with E-state index in [-0.39, 0.29) is 11.9 Å². The van der Waals surface area contributed by atoms with Gasteiger partial charge in [-0.05, 0) is 49.4 Å². The summed E-state index contributed by atoms with van der Waals surface area (Å²) >= 11 is 1.73. The molecule has 1 saturated heterocycles. The molecule has 0 N–H and O–H groups in total. The van der Waals surface area contributed by atoms with Gasteiger partial charge >= 0.3 is 0 Å². The molecular weight excluding hydrogens is 328 g/mol. The Morgan fingerprint density at radius 2 is 1.96 bits per heavy atom. The van der Waals surface area contributed by atoms with E-state index in [0.717, 1.165) is 41.9 Å². The molecule has 1 amide bonds. The fraction of sp³-hybridized carbons (Fsp3) is 0.333. The third-order valence-corrected chi connectivity index (χ3v) is 6.16. The van der Waals surface area contributed by atoms with E-state index in [1.807, 2.05) is 24.3 Å². The number of rotatable bonds is 3. The second-order valence-corrected chi connectivity index (χ2v) is 7.78. The van der Waals surface area contributed by atoms with Crippen LogP contribution in [0.15, 0.2) is 48.5 Å². The van der Waals surface area contributed by atoms with Crippen molar-refractivity contribution in [3.63, 3.8) is 0 Å². The summed E-state index contributed by atoms with van der Waals surface area (Å²) in [4.78, 5) is 19.9. The van der Waals surface area contributed by atoms with Crippen LogP contribution < -0.4 is 0 Å². The first-order valence-corrected chi connectivity index (χ1v) is 9.73. The van der Waals surface area contributed by atoms with Gasteiger partial charge < -0.3 is 4.90 Å². The summed E-state index contributed by atoms with van der Waals surface area (Å²) in [5, 5.41) is 1.08. The van der Waals surface area contributed by atoms with E-state index < -0.39 is 0 Å². The SMILES string of the molecule is Cc1ccccc1CC(=O)N1CCCCC1c1nc2ccccc2s1. The molecule has 1 aromatic heterocycles. The molecule has 25 heavy (non-hydrogen) atoms. The van der Waals surface area contributed by atoms with Crippen LogP contribution >= 0.6 is 11.3 Å². The van der Waals surface area contributed by atoms with E-state index in [4.69, 9.17) is 4.98 Å². The van der Waals surface area contributed by atoms with Crippen LogP contribution in [-0.4, -0.2) is 22.3 Å². The zero-order valence-corrected chi connectivity index (χ0v) is 15.3. The number of hydrogen-bond acceptors (Lipinski definition) is 3. The molecule has 4 heteroatoms. The fourth-order valence-corrected chi connectivity index (χ4v) is 4.71. The van der Waals surface area contributed by atoms with Crippen LogP contribution in [0.2, 0.25) is 0 Å². The van der Waals surface area contributed by atoms with Crippen LogP contribution in [0, 0.1) is 6.92 Å². The minimum absolute atomic E-state index is 0.127. The summed E-state index contributed by atoms with van der Waals surface area (Å²) in [5.41, 5.74) is 3.35. The Bertz CT molecular complexity index is 869. The van der Waals surface area contributed by atoms with Gasteiger partial charge in [0.05, 0.1) is 22.7 Å². The summed E-state index contributed by atoms with van der Waals surface area (Å²) in [6.45, 7) is 2.91. The Labute approximate surface area is 152 Å². The fourth-order valence-electron chi connectivity index (χ4n) is 3.59. The number of benzene rings is 2. The number of aromatic nitrogens is 1. The number of likely N-dealkylation sites (tertiary alicyclic amines) is 1. The van der Waals surface area contributed by atoms with E-state index in [0.29, 0.717) is 6.42 Å². The highest BCUT2D eigenvalue weighted by Crippen LogP contribution is 2.36. The van der Waals surface area contributed by atoms with Crippen molar-refractivity contribution >= 4 is 27.5 Å². The van der Waals surface area contributed by atoms with E-state index in [1.165, 1.54) is 10.3 Å². The van der Waals surface area contributed by atoms with Crippen molar-refractivity contribution in [1.29, 1.82) is 0 Å². The van der Waals surface area contributed by atoms with Crippen molar-refractivity contribution in [3.8, 4) is 0 Å². The predicted octanol–water partition coefficient (Wildman–Crippen LogP) is 4.90. The maximum absolute atomic E-state index is 13.0. The number of carbonyl (C=O) groups is 1. The lowest BCUT2D eigenvalue weighted by Crippen LogP contribution is -2.39. The molecule has 3 aromatic rings. The van der Waals surface area contributed by atoms with Gasteiger partial charge in [-0.3, -0.25) is 4.79 Å². The Morgan fingerprint density at radius 3 is 2.80 bits per heavy atom. The molecule has 2 aromatic carbocycles. The Kier molecular flexibility index (Phi) is 4.53. The van der Waals surface area contributed by atoms with Gasteiger partial charge in [-0.15, -0.1) is 11.3 Å². The van der Waals surface area contributed by atoms with Crippen molar-refractivity contribution in [3.05, 3.63) is 64.7 Å². The molecule has 1 fully saturated rings. The normalized spacial score (nSPS) is 17.8. The molecule has 1 aliphatic heterocycles. The topological polar surface area (TPSA) is 33.2 Å². The average Bonchev–Trinajstić information content (AvgIpc) is 3.07. The average molecular weight is 350 g/mol. The van der Waals surface area contributed by atoms with Gasteiger partial charge in [0.25, 0.3) is 0 Å². The lowest BCUT2D eigenvalue weighted by Gasteiger charge is -2.34. The number of piperidine rings is 1. The Morgan fingerprint density at radius 1 is 1.16 bits per heavy atom. The molecule has 1 aliphatic rings. The van der Waals surface area contributed by atoms with Gasteiger partial charge in [-0.1, -0.05) is 36.4 Å². The minimum atomic E-state index is 0.127. The van der Waals surface area contributed by atoms with Crippen LogP contribution in [0.4, 0.5) is 0 Å². The molecule has 0 radical (unpaired) electrons. The Balaban J connectivity index is 1.60. The van der Waals surface area contributed by atoms with Crippen molar-refractivity contribution in [2.75, 3.05) is 6.54 Å². The summed E-state index contributed by atoms with van der Waals surface area (Å²) < 4.78 is 1.20. The van der Waals surface area contributed by atoms with Gasteiger partial charge in [0.2, 0.25) is 5.91 Å². The van der Waals surface area contributed by atoms with Crippen LogP contribution in [0.3, 0.4) is 0 Å². The Hall–Kier alpha value is -2.20. The third-order valence-electron chi connectivity index (χ3n) is 5.02. The van der Waals surface area contributed by atoms with Gasteiger partial charge in [0, 0.05) is 6.54 Å². The molecule has 0 saturated carbocycles. The number of aryl methyl sites for hydroxylation is 1. The summed E-state index contributed by atoms with van der Waals surface area (Å²) in [6, 6.07) is 16.5. The second-order valence-electron chi connectivity index (χ2n) is 6.72. The number of carbonyl (C=O) groups excluding carboxylic acids is 1. The lowest BCUT2D eigenvalue weighted by atomic mass is 10.00. The predicted molar refractivity (Wildman–Crippen MR) is 103 cm³/mol. The highest BCUT2D eigenvalue weighted by Gasteiger charge is 2.30. The molecule has 128 valence electrons. The smallest absolute Gasteiger partial charge is 0.227 e. The number of hydrogen-bond donors (Lipinski definition) is 0. The first kappa shape index (κ1) is 16.3. The van der Waals surface area contributed by atoms with Gasteiger partial charge in [-0.2, -0.15) is 0 Å². The zero-order chi connectivity index (χ0) is 17.2. The van der Waals surface area contributed by atoms with Crippen LogP contribution in [0.25, 0.3) is 10.2 Å². The van der Waals surface area contributed by atoms with Gasteiger partial charge in [-0.25, -0.2) is 4.98 Å². The third kappa shape index (κ3) is 3.31. The van der Waals surface area contributed by atoms with Gasteiger partial charge in [0.15, 0.2) is 0 Å². The van der Waals surface area contributed by atoms with E-state index in [1.54, 1.807) is 11.3 Å². The molecule has 1 atom stereocenters. The highest BCUT2D eigenvalue weighted by atomic mass is 32.1.